The normalized spacial score (nSPS) is 32.1. The molecule has 7 heterocycles. The minimum atomic E-state index is -1.54. The zero-order chi connectivity index (χ0) is 98.3. The van der Waals surface area contributed by atoms with Crippen LogP contribution < -0.4 is 41.8 Å². The lowest BCUT2D eigenvalue weighted by Gasteiger charge is -2.45. The van der Waals surface area contributed by atoms with E-state index in [4.69, 9.17) is 99.6 Å². The summed E-state index contributed by atoms with van der Waals surface area (Å²) in [4.78, 5) is 126. The molecular weight excluding hydrogens is 1810 g/mol. The van der Waals surface area contributed by atoms with Gasteiger partial charge in [-0.25, -0.2) is 28.8 Å². The van der Waals surface area contributed by atoms with Crippen molar-refractivity contribution in [3.63, 3.8) is 0 Å². The van der Waals surface area contributed by atoms with Gasteiger partial charge in [-0.05, 0) is 55.6 Å². The molecule has 30 unspecified atom stereocenters. The number of nitrogens with one attached hydrogen (secondary N) is 5. The smallest absolute Gasteiger partial charge is 0.443 e. The summed E-state index contributed by atoms with van der Waals surface area (Å²) in [6, 6.07) is 11.6. The molecule has 52 nitrogen and oxygen atoms in total. The first kappa shape index (κ1) is 115. The van der Waals surface area contributed by atoms with Crippen molar-refractivity contribution >= 4 is 61.0 Å². The predicted molar refractivity (Wildman–Crippen MR) is 451 cm³/mol. The topological polar surface area (TPSA) is 737 Å². The Morgan fingerprint density at radius 1 is 0.356 bits per heavy atom. The Morgan fingerprint density at radius 3 is 0.904 bits per heavy atom. The number of hydrogen-bond acceptors (Lipinski definition) is 46. The summed E-state index contributed by atoms with van der Waals surface area (Å²) in [5.41, 5.74) is 5.28. The molecule has 21 N–H and O–H groups in total. The number of methoxy groups -OCH3 is 4. The summed E-state index contributed by atoms with van der Waals surface area (Å²) in [5, 5.41) is 162. The Bertz CT molecular complexity index is 3850. The van der Waals surface area contributed by atoms with Gasteiger partial charge in [0.25, 0.3) is 11.8 Å². The van der Waals surface area contributed by atoms with E-state index in [1.165, 1.54) is 91.1 Å². The standard InChI is InChI=1S/C42H61N3O24.C39H61N3O21.CH5N.CH4/c1-59-15-24-36(54)27(13-48)66-31(39(24)68-42(58)69-45-32(50)7-8-33(45)51)20-61-16-23-34(52)26(12-47)64-29(35(23)53)19-62-17-25-37(55)28(14-49)65-30(18-60-2)38(25)67-41(57)44-10-9-43-40(56)63-22-5-3-21(11-46)4-6-22;1-40-37(51)62-35-23(14-54-2)33(49)26(12-45)61-30(35)19-56-15-22-31(47)25(11-44)59-28(32(22)48)18-57-16-24-34(50)27(13-46)60-29(17-55-3)36(24)63-39(53)42-9-8-41-38(52)58-21-6-4-20(10-43)5-7-21;1-2;/h3-6,11,23-31,34-39,47-49,52-55H,7-10,12-20H2,1-2H3,(H,43,56)(H,44,57);4-7,10,22-36,44-50H,8-9,11-19H2,1-3H3,(H,40,51)(H,41,52)(H,42,53);2H2,1H3;1H4. The monoisotopic (exact) mass is 1950 g/mol. The van der Waals surface area contributed by atoms with Crippen LogP contribution in [0.1, 0.15) is 41.0 Å². The molecule has 0 saturated carbocycles. The third kappa shape index (κ3) is 33.0. The highest BCUT2D eigenvalue weighted by Gasteiger charge is 2.55. The van der Waals surface area contributed by atoms with E-state index in [9.17, 15) is 119 Å². The van der Waals surface area contributed by atoms with Gasteiger partial charge in [0.2, 0.25) is 0 Å². The number of aldehydes is 2. The number of aliphatic hydroxyl groups is 14. The van der Waals surface area contributed by atoms with Gasteiger partial charge in [-0.3, -0.25) is 24.0 Å². The SMILES string of the molecule is C.CN.CNC(=O)OC1C(COCC2C(O)C(CO)OC(COCC3C(O)C(CO)OC(COC)C3OC(=O)NCCNC(=O)Oc3ccc(C=O)cc3)C2O)OC(CO)C(O)C1COC.COCC1OC(CO)C(O)C(COCC2OC(CO)C(O)C(COCC3OC(CO)C(O)C(COC)C3OC(=O)ON3C(=O)CCC3=O)C2O)C1OC(=O)NCCNC(=O)Oc1ccc(C=O)cc1. The van der Waals surface area contributed by atoms with Crippen LogP contribution in [0.5, 0.6) is 11.5 Å². The van der Waals surface area contributed by atoms with Crippen LogP contribution in [0.25, 0.3) is 0 Å². The quantitative estimate of drug-likeness (QED) is 0.00963. The summed E-state index contributed by atoms with van der Waals surface area (Å²) >= 11 is 0. The molecule has 2 aromatic carbocycles. The number of ether oxygens (including phenoxy) is 20. The van der Waals surface area contributed by atoms with Crippen molar-refractivity contribution in [2.45, 2.75) is 167 Å². The maximum atomic E-state index is 13.0. The summed E-state index contributed by atoms with van der Waals surface area (Å²) in [6.07, 6.45) is -35.3. The maximum absolute atomic E-state index is 13.0. The number of alkyl carbamates (subject to hydrolysis) is 3. The maximum Gasteiger partial charge on any atom is 0.534 e. The van der Waals surface area contributed by atoms with E-state index < -0.39 is 290 Å². The Labute approximate surface area is 775 Å². The van der Waals surface area contributed by atoms with Gasteiger partial charge in [0.1, 0.15) is 122 Å². The van der Waals surface area contributed by atoms with Crippen LogP contribution in [0.3, 0.4) is 0 Å². The predicted octanol–water partition coefficient (Wildman–Crippen LogP) is -7.32. The van der Waals surface area contributed by atoms with Crippen molar-refractivity contribution in [2.24, 2.45) is 41.2 Å². The zero-order valence-electron chi connectivity index (χ0n) is 74.5. The highest BCUT2D eigenvalue weighted by atomic mass is 16.8. The molecule has 7 amide bonds. The summed E-state index contributed by atoms with van der Waals surface area (Å²) < 4.78 is 112. The first-order chi connectivity index (χ1) is 64.5. The molecule has 0 spiro atoms. The molecule has 7 saturated heterocycles. The Morgan fingerprint density at radius 2 is 0.607 bits per heavy atom. The van der Waals surface area contributed by atoms with E-state index in [-0.39, 0.29) is 122 Å². The molecule has 30 atom stereocenters. The lowest BCUT2D eigenvalue weighted by Crippen LogP contribution is -2.60. The molecule has 0 radical (unpaired) electrons. The van der Waals surface area contributed by atoms with Gasteiger partial charge < -0.3 is 199 Å². The highest BCUT2D eigenvalue weighted by Crippen LogP contribution is 2.37. The van der Waals surface area contributed by atoms with Gasteiger partial charge in [-0.15, -0.1) is 0 Å². The molecule has 0 bridgehead atoms. The molecule has 7 aliphatic heterocycles. The van der Waals surface area contributed by atoms with E-state index in [1.54, 1.807) is 0 Å². The average Bonchev–Trinajstić information content (AvgIpc) is 1.77. The minimum Gasteiger partial charge on any atom is -0.443 e. The Kier molecular flexibility index (Phi) is 50.8. The van der Waals surface area contributed by atoms with Gasteiger partial charge in [0, 0.05) is 97.5 Å². The van der Waals surface area contributed by atoms with Crippen molar-refractivity contribution in [2.75, 3.05) is 188 Å². The third-order valence-corrected chi connectivity index (χ3v) is 22.8. The van der Waals surface area contributed by atoms with Crippen molar-refractivity contribution in [3.8, 4) is 11.5 Å². The second-order valence-electron chi connectivity index (χ2n) is 31.5. The fourth-order valence-electron chi connectivity index (χ4n) is 15.9. The van der Waals surface area contributed by atoms with E-state index in [0.29, 0.717) is 23.7 Å². The molecular formula is C83H131N7O45. The molecule has 2 aromatic rings. The van der Waals surface area contributed by atoms with Crippen LogP contribution in [0.2, 0.25) is 0 Å². The molecule has 0 aromatic heterocycles. The number of amides is 7. The molecule has 135 heavy (non-hydrogen) atoms. The van der Waals surface area contributed by atoms with E-state index >= 15 is 0 Å². The van der Waals surface area contributed by atoms with Crippen LogP contribution in [0, 0.1) is 35.5 Å². The van der Waals surface area contributed by atoms with Gasteiger partial charge in [-0.2, -0.15) is 0 Å². The van der Waals surface area contributed by atoms with Crippen LogP contribution in [0.4, 0.5) is 28.8 Å². The zero-order valence-corrected chi connectivity index (χ0v) is 74.5. The number of carbonyl (C=O) groups excluding carboxylic acids is 10. The van der Waals surface area contributed by atoms with Gasteiger partial charge >= 0.3 is 36.6 Å². The highest BCUT2D eigenvalue weighted by molar-refractivity contribution is 6.01. The van der Waals surface area contributed by atoms with Gasteiger partial charge in [0.15, 0.2) is 0 Å². The second-order valence-corrected chi connectivity index (χ2v) is 31.5. The lowest BCUT2D eigenvalue weighted by atomic mass is 9.85. The number of hydrogen-bond donors (Lipinski definition) is 20. The van der Waals surface area contributed by atoms with E-state index in [2.05, 4.69) is 32.3 Å². The van der Waals surface area contributed by atoms with E-state index in [1.807, 2.05) is 0 Å². The molecule has 9 rings (SSSR count). The summed E-state index contributed by atoms with van der Waals surface area (Å²) in [5.74, 6) is -7.44. The molecule has 7 fully saturated rings. The van der Waals surface area contributed by atoms with E-state index in [0.717, 1.165) is 0 Å². The van der Waals surface area contributed by atoms with Crippen molar-refractivity contribution < 1.29 is 219 Å². The number of hydroxylamine groups is 2. The van der Waals surface area contributed by atoms with Crippen molar-refractivity contribution in [3.05, 3.63) is 59.7 Å². The first-order valence-corrected chi connectivity index (χ1v) is 42.9. The van der Waals surface area contributed by atoms with Crippen LogP contribution in [-0.4, -0.2) is 472 Å². The molecule has 52 heteroatoms. The number of nitrogens with zero attached hydrogens (tertiary/aromatic N) is 1. The molecule has 0 aliphatic carbocycles. The molecule has 7 aliphatic rings. The summed E-state index contributed by atoms with van der Waals surface area (Å²) in [7, 11) is 8.25. The minimum absolute atomic E-state index is 0. The molecule has 768 valence electrons. The largest absolute Gasteiger partial charge is 0.534 e. The van der Waals surface area contributed by atoms with Crippen molar-refractivity contribution in [1.29, 1.82) is 0 Å². The van der Waals surface area contributed by atoms with Crippen LogP contribution in [0.15, 0.2) is 48.5 Å². The number of nitrogens with two attached hydrogens (primary N) is 1. The number of rotatable bonds is 45. The van der Waals surface area contributed by atoms with Gasteiger partial charge in [-0.1, -0.05) is 12.5 Å². The fourth-order valence-corrected chi connectivity index (χ4v) is 15.9. The average molecular weight is 1950 g/mol. The number of carbonyl (C=O) groups is 10. The third-order valence-electron chi connectivity index (χ3n) is 22.8. The van der Waals surface area contributed by atoms with Crippen LogP contribution >= 0.6 is 0 Å². The number of benzene rings is 2. The van der Waals surface area contributed by atoms with Crippen LogP contribution in [-0.2, 0) is 99.7 Å². The van der Waals surface area contributed by atoms with Crippen molar-refractivity contribution in [1.82, 2.24) is 31.6 Å². The number of aliphatic hydroxyl groups excluding tert-OH is 14. The summed E-state index contributed by atoms with van der Waals surface area (Å²) in [6.45, 7) is -7.89. The van der Waals surface area contributed by atoms with Gasteiger partial charge in [0.05, 0.1) is 191 Å². The Balaban J connectivity index is 0.000000406. The lowest BCUT2D eigenvalue weighted by molar-refractivity contribution is -0.250. The second kappa shape index (κ2) is 59.6. The fraction of sp³-hybridized carbons (Fsp3) is 0.735. The Hall–Kier alpha value is -8.62. The first-order valence-electron chi connectivity index (χ1n) is 42.9. The number of imide groups is 1.